The summed E-state index contributed by atoms with van der Waals surface area (Å²) < 4.78 is 54.0. The van der Waals surface area contributed by atoms with E-state index in [1.165, 1.54) is 18.2 Å². The number of benzene rings is 2. The topological polar surface area (TPSA) is 12.0 Å². The molecule has 2 aromatic carbocycles. The molecule has 1 unspecified atom stereocenters. The smallest absolute Gasteiger partial charge is 0.134 e. The van der Waals surface area contributed by atoms with Gasteiger partial charge in [0.15, 0.2) is 0 Å². The van der Waals surface area contributed by atoms with Crippen LogP contribution in [0.1, 0.15) is 24.1 Å². The molecule has 0 heterocycles. The molecule has 0 amide bonds. The summed E-state index contributed by atoms with van der Waals surface area (Å²) in [6.07, 6.45) is 0. The van der Waals surface area contributed by atoms with Gasteiger partial charge < -0.3 is 5.32 Å². The second-order valence-electron chi connectivity index (χ2n) is 4.33. The van der Waals surface area contributed by atoms with E-state index >= 15 is 0 Å². The normalized spacial score (nSPS) is 12.4. The molecule has 5 heteroatoms. The Hall–Kier alpha value is -1.88. The van der Waals surface area contributed by atoms with E-state index in [9.17, 15) is 17.6 Å². The highest BCUT2D eigenvalue weighted by molar-refractivity contribution is 5.34. The number of rotatable bonds is 4. The first-order valence-electron chi connectivity index (χ1n) is 6.16. The predicted molar refractivity (Wildman–Crippen MR) is 68.2 cm³/mol. The zero-order valence-corrected chi connectivity index (χ0v) is 10.8. The van der Waals surface area contributed by atoms with Crippen LogP contribution in [0.3, 0.4) is 0 Å². The van der Waals surface area contributed by atoms with Gasteiger partial charge in [-0.1, -0.05) is 19.1 Å². The summed E-state index contributed by atoms with van der Waals surface area (Å²) in [7, 11) is 0. The minimum absolute atomic E-state index is 0.321. The first-order valence-corrected chi connectivity index (χ1v) is 6.16. The molecule has 0 aliphatic heterocycles. The van der Waals surface area contributed by atoms with Crippen LogP contribution in [0.15, 0.2) is 36.4 Å². The van der Waals surface area contributed by atoms with Crippen LogP contribution in [-0.4, -0.2) is 6.54 Å². The molecule has 0 aliphatic carbocycles. The molecule has 2 aromatic rings. The van der Waals surface area contributed by atoms with Crippen molar-refractivity contribution in [2.24, 2.45) is 0 Å². The molecule has 0 bridgehead atoms. The molecule has 2 rings (SSSR count). The fourth-order valence-electron chi connectivity index (χ4n) is 2.11. The predicted octanol–water partition coefficient (Wildman–Crippen LogP) is 3.94. The lowest BCUT2D eigenvalue weighted by Crippen LogP contribution is -2.24. The lowest BCUT2D eigenvalue weighted by molar-refractivity contribution is 0.490. The van der Waals surface area contributed by atoms with Crippen molar-refractivity contribution >= 4 is 0 Å². The zero-order chi connectivity index (χ0) is 14.7. The molecule has 1 N–H and O–H groups in total. The Kier molecular flexibility index (Phi) is 4.39. The van der Waals surface area contributed by atoms with E-state index in [1.54, 1.807) is 13.0 Å². The molecule has 1 atom stereocenters. The molecule has 0 saturated carbocycles. The first kappa shape index (κ1) is 14.5. The Morgan fingerprint density at radius 2 is 1.60 bits per heavy atom. The van der Waals surface area contributed by atoms with Gasteiger partial charge in [-0.2, -0.15) is 0 Å². The summed E-state index contributed by atoms with van der Waals surface area (Å²) in [5, 5.41) is 2.87. The van der Waals surface area contributed by atoms with Crippen molar-refractivity contribution in [3.63, 3.8) is 0 Å². The van der Waals surface area contributed by atoms with Crippen LogP contribution in [0.4, 0.5) is 17.6 Å². The standard InChI is InChI=1S/C15H13F4N/c1-2-20-15(9-4-3-5-10(16)6-9)14-12(18)7-11(17)8-13(14)19/h3-8,15,20H,2H2,1H3. The van der Waals surface area contributed by atoms with Crippen molar-refractivity contribution in [3.8, 4) is 0 Å². The summed E-state index contributed by atoms with van der Waals surface area (Å²) in [5.41, 5.74) is 0.0510. The Morgan fingerprint density at radius 1 is 0.950 bits per heavy atom. The number of hydrogen-bond acceptors (Lipinski definition) is 1. The lowest BCUT2D eigenvalue weighted by Gasteiger charge is -2.20. The summed E-state index contributed by atoms with van der Waals surface area (Å²) in [4.78, 5) is 0. The van der Waals surface area contributed by atoms with Gasteiger partial charge in [-0.15, -0.1) is 0 Å². The Morgan fingerprint density at radius 3 is 2.15 bits per heavy atom. The summed E-state index contributed by atoms with van der Waals surface area (Å²) in [5.74, 6) is -3.50. The van der Waals surface area contributed by atoms with Gasteiger partial charge in [0.05, 0.1) is 6.04 Å². The van der Waals surface area contributed by atoms with E-state index in [1.807, 2.05) is 0 Å². The van der Waals surface area contributed by atoms with Gasteiger partial charge in [0.1, 0.15) is 23.3 Å². The maximum Gasteiger partial charge on any atom is 0.134 e. The van der Waals surface area contributed by atoms with Crippen molar-refractivity contribution in [2.75, 3.05) is 6.54 Å². The van der Waals surface area contributed by atoms with Crippen molar-refractivity contribution in [3.05, 3.63) is 70.8 Å². The second kappa shape index (κ2) is 6.05. The molecule has 0 saturated heterocycles. The second-order valence-corrected chi connectivity index (χ2v) is 4.33. The number of hydrogen-bond donors (Lipinski definition) is 1. The van der Waals surface area contributed by atoms with E-state index in [2.05, 4.69) is 5.32 Å². The Balaban J connectivity index is 2.54. The molecule has 0 fully saturated rings. The van der Waals surface area contributed by atoms with Crippen LogP contribution in [0.5, 0.6) is 0 Å². The summed E-state index contributed by atoms with van der Waals surface area (Å²) >= 11 is 0. The van der Waals surface area contributed by atoms with E-state index in [-0.39, 0.29) is 5.56 Å². The van der Waals surface area contributed by atoms with Gasteiger partial charge in [0, 0.05) is 17.7 Å². The molecule has 0 radical (unpaired) electrons. The minimum Gasteiger partial charge on any atom is -0.306 e. The number of nitrogens with one attached hydrogen (secondary N) is 1. The molecule has 0 aromatic heterocycles. The van der Waals surface area contributed by atoms with Gasteiger partial charge in [-0.05, 0) is 24.2 Å². The highest BCUT2D eigenvalue weighted by Gasteiger charge is 2.22. The number of halogens is 4. The summed E-state index contributed by atoms with van der Waals surface area (Å²) in [6, 6.07) is 5.78. The zero-order valence-electron chi connectivity index (χ0n) is 10.8. The van der Waals surface area contributed by atoms with Crippen LogP contribution in [0.2, 0.25) is 0 Å². The quantitative estimate of drug-likeness (QED) is 0.838. The van der Waals surface area contributed by atoms with E-state index < -0.39 is 29.3 Å². The van der Waals surface area contributed by atoms with Gasteiger partial charge >= 0.3 is 0 Å². The monoisotopic (exact) mass is 283 g/mol. The third-order valence-electron chi connectivity index (χ3n) is 2.92. The highest BCUT2D eigenvalue weighted by Crippen LogP contribution is 2.28. The average molecular weight is 283 g/mol. The van der Waals surface area contributed by atoms with Crippen LogP contribution in [0.25, 0.3) is 0 Å². The SMILES string of the molecule is CCNC(c1cccc(F)c1)c1c(F)cc(F)cc1F. The largest absolute Gasteiger partial charge is 0.306 e. The molecule has 0 spiro atoms. The average Bonchev–Trinajstić information content (AvgIpc) is 2.36. The molecule has 20 heavy (non-hydrogen) atoms. The van der Waals surface area contributed by atoms with Crippen molar-refractivity contribution in [2.45, 2.75) is 13.0 Å². The van der Waals surface area contributed by atoms with E-state index in [0.717, 1.165) is 0 Å². The van der Waals surface area contributed by atoms with Gasteiger partial charge in [-0.3, -0.25) is 0 Å². The van der Waals surface area contributed by atoms with Crippen LogP contribution < -0.4 is 5.32 Å². The van der Waals surface area contributed by atoms with Crippen molar-refractivity contribution in [1.82, 2.24) is 5.32 Å². The van der Waals surface area contributed by atoms with Crippen molar-refractivity contribution < 1.29 is 17.6 Å². The first-order chi connectivity index (χ1) is 9.52. The van der Waals surface area contributed by atoms with E-state index in [4.69, 9.17) is 0 Å². The van der Waals surface area contributed by atoms with Crippen LogP contribution in [0, 0.1) is 23.3 Å². The highest BCUT2D eigenvalue weighted by atomic mass is 19.1. The Labute approximate surface area is 114 Å². The fourth-order valence-corrected chi connectivity index (χ4v) is 2.11. The molecular formula is C15H13F4N. The fraction of sp³-hybridized carbons (Fsp3) is 0.200. The third kappa shape index (κ3) is 2.99. The maximum absolute atomic E-state index is 13.9. The van der Waals surface area contributed by atoms with Gasteiger partial charge in [0.2, 0.25) is 0 Å². The molecular weight excluding hydrogens is 270 g/mol. The van der Waals surface area contributed by atoms with E-state index in [0.29, 0.717) is 24.2 Å². The minimum atomic E-state index is -1.00. The lowest BCUT2D eigenvalue weighted by atomic mass is 9.97. The molecule has 106 valence electrons. The van der Waals surface area contributed by atoms with Crippen molar-refractivity contribution in [1.29, 1.82) is 0 Å². The third-order valence-corrected chi connectivity index (χ3v) is 2.92. The Bertz CT molecular complexity index is 590. The van der Waals surface area contributed by atoms with Gasteiger partial charge in [0.25, 0.3) is 0 Å². The van der Waals surface area contributed by atoms with Crippen LogP contribution >= 0.6 is 0 Å². The molecule has 1 nitrogen and oxygen atoms in total. The maximum atomic E-state index is 13.9. The van der Waals surface area contributed by atoms with Gasteiger partial charge in [-0.25, -0.2) is 17.6 Å². The van der Waals surface area contributed by atoms with Crippen LogP contribution in [-0.2, 0) is 0 Å². The summed E-state index contributed by atoms with van der Waals surface area (Å²) in [6.45, 7) is 2.17. The molecule has 0 aliphatic rings.